The highest BCUT2D eigenvalue weighted by molar-refractivity contribution is 5.82. The van der Waals surface area contributed by atoms with Crippen LogP contribution in [0.25, 0.3) is 4.85 Å². The summed E-state index contributed by atoms with van der Waals surface area (Å²) in [7, 11) is 0. The van der Waals surface area contributed by atoms with E-state index in [-0.39, 0.29) is 12.8 Å². The minimum absolute atomic E-state index is 0.144. The smallest absolute Gasteiger partial charge is 0.390 e. The maximum atomic E-state index is 11.0. The maximum absolute atomic E-state index is 11.0. The number of aliphatic carboxylic acids is 2. The van der Waals surface area contributed by atoms with Crippen LogP contribution in [0.3, 0.4) is 0 Å². The van der Waals surface area contributed by atoms with Gasteiger partial charge in [-0.1, -0.05) is 13.8 Å². The van der Waals surface area contributed by atoms with Gasteiger partial charge in [-0.15, -0.1) is 0 Å². The van der Waals surface area contributed by atoms with Gasteiger partial charge in [-0.3, -0.25) is 9.64 Å². The molecular formula is C10H15NO4. The van der Waals surface area contributed by atoms with Crippen molar-refractivity contribution in [3.8, 4) is 0 Å². The summed E-state index contributed by atoms with van der Waals surface area (Å²) in [5.74, 6) is -3.12. The van der Waals surface area contributed by atoms with E-state index in [0.717, 1.165) is 0 Å². The van der Waals surface area contributed by atoms with Crippen LogP contribution in [-0.4, -0.2) is 27.7 Å². The average molecular weight is 213 g/mol. The lowest BCUT2D eigenvalue weighted by Gasteiger charge is -2.18. The molecule has 0 radical (unpaired) electrons. The van der Waals surface area contributed by atoms with Gasteiger partial charge in [0.15, 0.2) is 0 Å². The number of carboxylic acids is 2. The van der Waals surface area contributed by atoms with E-state index in [4.69, 9.17) is 16.8 Å². The zero-order valence-electron chi connectivity index (χ0n) is 8.86. The quantitative estimate of drug-likeness (QED) is 0.657. The lowest BCUT2D eigenvalue weighted by molar-refractivity contribution is -0.145. The fourth-order valence-electron chi connectivity index (χ4n) is 1.45. The molecule has 2 atom stereocenters. The van der Waals surface area contributed by atoms with E-state index in [2.05, 4.69) is 4.85 Å². The first-order valence-electron chi connectivity index (χ1n) is 4.74. The molecule has 2 unspecified atom stereocenters. The molecule has 0 aromatic carbocycles. The Morgan fingerprint density at radius 2 is 2.00 bits per heavy atom. The van der Waals surface area contributed by atoms with Crippen LogP contribution in [0.1, 0.15) is 33.1 Å². The molecule has 0 rings (SSSR count). The summed E-state index contributed by atoms with van der Waals surface area (Å²) >= 11 is 0. The van der Waals surface area contributed by atoms with Gasteiger partial charge in [0.25, 0.3) is 0 Å². The Labute approximate surface area is 88.5 Å². The van der Waals surface area contributed by atoms with Crippen molar-refractivity contribution in [2.24, 2.45) is 5.92 Å². The molecule has 0 aromatic heterocycles. The molecule has 0 aliphatic rings. The van der Waals surface area contributed by atoms with Crippen molar-refractivity contribution in [2.75, 3.05) is 0 Å². The Hall–Kier alpha value is -1.57. The molecule has 0 saturated heterocycles. The lowest BCUT2D eigenvalue weighted by Crippen LogP contribution is -2.38. The number of carbonyl (C=O) groups is 2. The molecule has 0 aliphatic heterocycles. The van der Waals surface area contributed by atoms with Gasteiger partial charge in [0, 0.05) is 6.42 Å². The number of carboxylic acid groups (broad SMARTS) is 2. The van der Waals surface area contributed by atoms with Crippen molar-refractivity contribution < 1.29 is 19.8 Å². The van der Waals surface area contributed by atoms with Crippen LogP contribution in [0, 0.1) is 12.5 Å². The zero-order valence-corrected chi connectivity index (χ0v) is 8.86. The molecule has 15 heavy (non-hydrogen) atoms. The molecule has 0 amide bonds. The van der Waals surface area contributed by atoms with Gasteiger partial charge in [0.05, 0.1) is 12.3 Å². The number of nitrogens with zero attached hydrogens (tertiary/aromatic N) is 1. The standard InChI is InChI=1S/C10H15NO4/c1-4-5-10(11-3,9(14)15)6-7(2)8(12)13/h7H,4-6H2,1-2H3,(H,12,13)(H,14,15). The molecule has 0 aliphatic carbocycles. The van der Waals surface area contributed by atoms with Crippen LogP contribution >= 0.6 is 0 Å². The molecule has 5 heteroatoms. The van der Waals surface area contributed by atoms with E-state index < -0.39 is 23.4 Å². The molecule has 0 fully saturated rings. The fraction of sp³-hybridized carbons (Fsp3) is 0.700. The highest BCUT2D eigenvalue weighted by atomic mass is 16.4. The second kappa shape index (κ2) is 5.35. The molecule has 0 heterocycles. The Morgan fingerprint density at radius 3 is 2.27 bits per heavy atom. The SMILES string of the molecule is [C-]#[N+]C(CCC)(CC(C)C(=O)O)C(=O)O. The monoisotopic (exact) mass is 213 g/mol. The van der Waals surface area contributed by atoms with Gasteiger partial charge in [-0.25, -0.2) is 11.4 Å². The maximum Gasteiger partial charge on any atom is 0.390 e. The number of hydrogen-bond acceptors (Lipinski definition) is 2. The van der Waals surface area contributed by atoms with Gasteiger partial charge in [-0.2, -0.15) is 0 Å². The summed E-state index contributed by atoms with van der Waals surface area (Å²) in [6.07, 6.45) is 0.583. The van der Waals surface area contributed by atoms with Crippen LogP contribution < -0.4 is 0 Å². The fourth-order valence-corrected chi connectivity index (χ4v) is 1.45. The Bertz CT molecular complexity index is 294. The molecule has 0 spiro atoms. The van der Waals surface area contributed by atoms with E-state index in [0.29, 0.717) is 6.42 Å². The van der Waals surface area contributed by atoms with Crippen LogP contribution in [-0.2, 0) is 9.59 Å². The molecule has 0 saturated carbocycles. The van der Waals surface area contributed by atoms with Crippen LogP contribution in [0.4, 0.5) is 0 Å². The molecule has 5 nitrogen and oxygen atoms in total. The second-order valence-electron chi connectivity index (χ2n) is 3.64. The Balaban J connectivity index is 4.87. The van der Waals surface area contributed by atoms with Gasteiger partial charge >= 0.3 is 17.5 Å². The van der Waals surface area contributed by atoms with E-state index in [1.54, 1.807) is 6.92 Å². The molecule has 84 valence electrons. The van der Waals surface area contributed by atoms with Gasteiger partial charge < -0.3 is 10.2 Å². The largest absolute Gasteiger partial charge is 0.481 e. The van der Waals surface area contributed by atoms with Gasteiger partial charge in [-0.05, 0) is 6.42 Å². The van der Waals surface area contributed by atoms with Crippen molar-refractivity contribution in [3.05, 3.63) is 11.4 Å². The van der Waals surface area contributed by atoms with Crippen molar-refractivity contribution in [2.45, 2.75) is 38.6 Å². The summed E-state index contributed by atoms with van der Waals surface area (Å²) in [6.45, 7) is 10.1. The van der Waals surface area contributed by atoms with Crippen molar-refractivity contribution in [1.82, 2.24) is 0 Å². The lowest BCUT2D eigenvalue weighted by atomic mass is 9.85. The summed E-state index contributed by atoms with van der Waals surface area (Å²) < 4.78 is 0. The topological polar surface area (TPSA) is 79.0 Å². The van der Waals surface area contributed by atoms with E-state index in [9.17, 15) is 9.59 Å². The summed E-state index contributed by atoms with van der Waals surface area (Å²) in [5.41, 5.74) is -1.58. The number of hydrogen-bond donors (Lipinski definition) is 2. The summed E-state index contributed by atoms with van der Waals surface area (Å²) in [4.78, 5) is 24.7. The predicted molar refractivity (Wildman–Crippen MR) is 53.3 cm³/mol. The van der Waals surface area contributed by atoms with Gasteiger partial charge in [0.2, 0.25) is 0 Å². The Morgan fingerprint density at radius 1 is 1.47 bits per heavy atom. The second-order valence-corrected chi connectivity index (χ2v) is 3.64. The zero-order chi connectivity index (χ0) is 12.1. The summed E-state index contributed by atoms with van der Waals surface area (Å²) in [6, 6.07) is 0. The summed E-state index contributed by atoms with van der Waals surface area (Å²) in [5, 5.41) is 17.7. The number of rotatable bonds is 6. The molecule has 2 N–H and O–H groups in total. The molecule has 0 aromatic rings. The third-order valence-corrected chi connectivity index (χ3v) is 2.34. The normalized spacial score (nSPS) is 16.1. The van der Waals surface area contributed by atoms with E-state index >= 15 is 0 Å². The minimum atomic E-state index is -1.58. The highest BCUT2D eigenvalue weighted by Crippen LogP contribution is 2.27. The van der Waals surface area contributed by atoms with E-state index in [1.807, 2.05) is 0 Å². The Kier molecular flexibility index (Phi) is 4.79. The molecule has 0 bridgehead atoms. The molecular weight excluding hydrogens is 198 g/mol. The van der Waals surface area contributed by atoms with Crippen LogP contribution in [0.15, 0.2) is 0 Å². The van der Waals surface area contributed by atoms with Gasteiger partial charge in [0.1, 0.15) is 0 Å². The van der Waals surface area contributed by atoms with Crippen molar-refractivity contribution in [3.63, 3.8) is 0 Å². The van der Waals surface area contributed by atoms with Crippen LogP contribution in [0.2, 0.25) is 0 Å². The van der Waals surface area contributed by atoms with Crippen LogP contribution in [0.5, 0.6) is 0 Å². The third kappa shape index (κ3) is 3.24. The first-order chi connectivity index (χ1) is 6.89. The third-order valence-electron chi connectivity index (χ3n) is 2.34. The average Bonchev–Trinajstić information content (AvgIpc) is 2.16. The predicted octanol–water partition coefficient (Wildman–Crippen LogP) is 1.64. The minimum Gasteiger partial charge on any atom is -0.481 e. The first kappa shape index (κ1) is 13.4. The van der Waals surface area contributed by atoms with Crippen molar-refractivity contribution in [1.29, 1.82) is 0 Å². The highest BCUT2D eigenvalue weighted by Gasteiger charge is 2.47. The first-order valence-corrected chi connectivity index (χ1v) is 4.74. The van der Waals surface area contributed by atoms with E-state index in [1.165, 1.54) is 6.92 Å². The van der Waals surface area contributed by atoms with Crippen molar-refractivity contribution >= 4 is 11.9 Å².